The van der Waals surface area contributed by atoms with Crippen molar-refractivity contribution < 1.29 is 19.5 Å². The van der Waals surface area contributed by atoms with Crippen LogP contribution in [0.1, 0.15) is 20.8 Å². The summed E-state index contributed by atoms with van der Waals surface area (Å²) < 4.78 is 0. The minimum atomic E-state index is -1.11. The van der Waals surface area contributed by atoms with Crippen LogP contribution in [0.2, 0.25) is 0 Å². The molecule has 3 N–H and O–H groups in total. The van der Waals surface area contributed by atoms with Gasteiger partial charge in [0.1, 0.15) is 6.04 Å². The van der Waals surface area contributed by atoms with Crippen molar-refractivity contribution in [3.63, 3.8) is 0 Å². The summed E-state index contributed by atoms with van der Waals surface area (Å²) in [5.74, 6) is -0.701. The summed E-state index contributed by atoms with van der Waals surface area (Å²) in [4.78, 5) is 32.6. The van der Waals surface area contributed by atoms with Gasteiger partial charge in [-0.15, -0.1) is 11.8 Å². The number of aliphatic carboxylic acids is 1. The number of carboxylic acids is 1. The lowest BCUT2D eigenvalue weighted by molar-refractivity contribution is -0.139. The molecule has 18 heavy (non-hydrogen) atoms. The third-order valence-electron chi connectivity index (χ3n) is 2.13. The number of rotatable bonds is 9. The molecule has 0 saturated heterocycles. The Morgan fingerprint density at radius 3 is 2.39 bits per heavy atom. The highest BCUT2D eigenvalue weighted by atomic mass is 32.2. The molecule has 7 heteroatoms. The van der Waals surface area contributed by atoms with Gasteiger partial charge in [-0.3, -0.25) is 9.59 Å². The van der Waals surface area contributed by atoms with Gasteiger partial charge in [-0.25, -0.2) is 4.79 Å². The molecule has 6 nitrogen and oxygen atoms in total. The molecule has 104 valence electrons. The number of carboxylic acid groups (broad SMARTS) is 1. The SMILES string of the molecule is CC(C)CNC(=O)C(C)SCC(NC=O)C(=O)O. The van der Waals surface area contributed by atoms with Crippen molar-refractivity contribution in [2.75, 3.05) is 12.3 Å². The zero-order chi connectivity index (χ0) is 14.1. The third-order valence-corrected chi connectivity index (χ3v) is 3.37. The summed E-state index contributed by atoms with van der Waals surface area (Å²) >= 11 is 1.20. The monoisotopic (exact) mass is 276 g/mol. The first kappa shape index (κ1) is 16.8. The van der Waals surface area contributed by atoms with E-state index in [1.807, 2.05) is 13.8 Å². The highest BCUT2D eigenvalue weighted by Gasteiger charge is 2.20. The summed E-state index contributed by atoms with van der Waals surface area (Å²) in [5, 5.41) is 13.4. The molecular weight excluding hydrogens is 256 g/mol. The largest absolute Gasteiger partial charge is 0.480 e. The molecule has 2 unspecified atom stereocenters. The quantitative estimate of drug-likeness (QED) is 0.518. The van der Waals surface area contributed by atoms with E-state index in [1.165, 1.54) is 11.8 Å². The van der Waals surface area contributed by atoms with Gasteiger partial charge in [0.2, 0.25) is 12.3 Å². The Bertz CT molecular complexity index is 297. The van der Waals surface area contributed by atoms with E-state index >= 15 is 0 Å². The molecule has 2 amide bonds. The fourth-order valence-electron chi connectivity index (χ4n) is 1.04. The Labute approximate surface area is 111 Å². The van der Waals surface area contributed by atoms with Crippen LogP contribution in [0, 0.1) is 5.92 Å². The van der Waals surface area contributed by atoms with Gasteiger partial charge in [0.15, 0.2) is 0 Å². The van der Waals surface area contributed by atoms with E-state index in [0.717, 1.165) is 0 Å². The molecule has 0 aromatic carbocycles. The molecule has 0 radical (unpaired) electrons. The number of amides is 2. The molecule has 2 atom stereocenters. The number of nitrogens with one attached hydrogen (secondary N) is 2. The number of thioether (sulfide) groups is 1. The van der Waals surface area contributed by atoms with E-state index in [-0.39, 0.29) is 16.9 Å². The standard InChI is InChI=1S/C11H20N2O4S/c1-7(2)4-12-10(15)8(3)18-5-9(11(16)17)13-6-14/h6-9H,4-5H2,1-3H3,(H,12,15)(H,13,14)(H,16,17). The Kier molecular flexibility index (Phi) is 8.19. The van der Waals surface area contributed by atoms with E-state index in [1.54, 1.807) is 6.92 Å². The van der Waals surface area contributed by atoms with Crippen LogP contribution in [0.3, 0.4) is 0 Å². The molecule has 0 aliphatic heterocycles. The van der Waals surface area contributed by atoms with Gasteiger partial charge >= 0.3 is 5.97 Å². The molecule has 0 aromatic rings. The number of carbonyl (C=O) groups is 3. The lowest BCUT2D eigenvalue weighted by Gasteiger charge is -2.16. The molecule has 0 rings (SSSR count). The van der Waals surface area contributed by atoms with Crippen LogP contribution in [0.5, 0.6) is 0 Å². The van der Waals surface area contributed by atoms with Crippen LogP contribution in [0.25, 0.3) is 0 Å². The van der Waals surface area contributed by atoms with Gasteiger partial charge in [0.05, 0.1) is 5.25 Å². The zero-order valence-electron chi connectivity index (χ0n) is 10.8. The van der Waals surface area contributed by atoms with Gasteiger partial charge in [-0.1, -0.05) is 13.8 Å². The topological polar surface area (TPSA) is 95.5 Å². The summed E-state index contributed by atoms with van der Waals surface area (Å²) in [6, 6.07) is -0.965. The van der Waals surface area contributed by atoms with Crippen molar-refractivity contribution in [1.29, 1.82) is 0 Å². The van der Waals surface area contributed by atoms with Crippen molar-refractivity contribution in [2.45, 2.75) is 32.1 Å². The molecule has 0 aromatic heterocycles. The van der Waals surface area contributed by atoms with Crippen molar-refractivity contribution in [3.05, 3.63) is 0 Å². The normalized spacial score (nSPS) is 13.8. The minimum Gasteiger partial charge on any atom is -0.480 e. The maximum absolute atomic E-state index is 11.6. The van der Waals surface area contributed by atoms with E-state index in [0.29, 0.717) is 18.9 Å². The first-order chi connectivity index (χ1) is 8.38. The predicted octanol–water partition coefficient (Wildman–Crippen LogP) is 0.0795. The highest BCUT2D eigenvalue weighted by molar-refractivity contribution is 8.00. The van der Waals surface area contributed by atoms with E-state index in [4.69, 9.17) is 5.11 Å². The highest BCUT2D eigenvalue weighted by Crippen LogP contribution is 2.12. The summed E-state index contributed by atoms with van der Waals surface area (Å²) in [6.07, 6.45) is 0.350. The molecule has 0 spiro atoms. The van der Waals surface area contributed by atoms with Gasteiger partial charge < -0.3 is 15.7 Å². The smallest absolute Gasteiger partial charge is 0.327 e. The fraction of sp³-hybridized carbons (Fsp3) is 0.727. The first-order valence-electron chi connectivity index (χ1n) is 5.70. The Balaban J connectivity index is 4.06. The van der Waals surface area contributed by atoms with Crippen molar-refractivity contribution in [2.24, 2.45) is 5.92 Å². The second-order valence-corrected chi connectivity index (χ2v) is 5.66. The predicted molar refractivity (Wildman–Crippen MR) is 70.4 cm³/mol. The van der Waals surface area contributed by atoms with Crippen LogP contribution in [-0.2, 0) is 14.4 Å². The number of hydrogen-bond acceptors (Lipinski definition) is 4. The van der Waals surface area contributed by atoms with Crippen molar-refractivity contribution in [1.82, 2.24) is 10.6 Å². The molecule has 0 heterocycles. The zero-order valence-corrected chi connectivity index (χ0v) is 11.6. The summed E-state index contributed by atoms with van der Waals surface area (Å²) in [6.45, 7) is 6.29. The molecule has 0 aliphatic carbocycles. The van der Waals surface area contributed by atoms with Crippen LogP contribution in [-0.4, -0.2) is 47.0 Å². The van der Waals surface area contributed by atoms with Crippen LogP contribution >= 0.6 is 11.8 Å². The van der Waals surface area contributed by atoms with Crippen molar-refractivity contribution in [3.8, 4) is 0 Å². The van der Waals surface area contributed by atoms with Crippen LogP contribution < -0.4 is 10.6 Å². The van der Waals surface area contributed by atoms with E-state index in [9.17, 15) is 14.4 Å². The lowest BCUT2D eigenvalue weighted by atomic mass is 10.2. The molecule has 0 fully saturated rings. The molecule has 0 aliphatic rings. The maximum atomic E-state index is 11.6. The lowest BCUT2D eigenvalue weighted by Crippen LogP contribution is -2.40. The van der Waals surface area contributed by atoms with E-state index in [2.05, 4.69) is 10.6 Å². The van der Waals surface area contributed by atoms with Gasteiger partial charge in [-0.2, -0.15) is 0 Å². The second-order valence-electron chi connectivity index (χ2n) is 4.29. The van der Waals surface area contributed by atoms with Gasteiger partial charge in [0.25, 0.3) is 0 Å². The maximum Gasteiger partial charge on any atom is 0.327 e. The molecule has 0 bridgehead atoms. The Morgan fingerprint density at radius 1 is 1.33 bits per heavy atom. The average molecular weight is 276 g/mol. The average Bonchev–Trinajstić information content (AvgIpc) is 2.30. The number of hydrogen-bond donors (Lipinski definition) is 3. The van der Waals surface area contributed by atoms with Gasteiger partial charge in [-0.05, 0) is 12.8 Å². The Morgan fingerprint density at radius 2 is 1.94 bits per heavy atom. The van der Waals surface area contributed by atoms with Gasteiger partial charge in [0, 0.05) is 12.3 Å². The molecular formula is C11H20N2O4S. The van der Waals surface area contributed by atoms with Crippen molar-refractivity contribution >= 4 is 30.0 Å². The van der Waals surface area contributed by atoms with Crippen LogP contribution in [0.15, 0.2) is 0 Å². The fourth-order valence-corrected chi connectivity index (χ4v) is 1.99. The number of carbonyl (C=O) groups excluding carboxylic acids is 2. The third kappa shape index (κ3) is 7.16. The minimum absolute atomic E-state index is 0.121. The van der Waals surface area contributed by atoms with E-state index < -0.39 is 12.0 Å². The Hall–Kier alpha value is -1.24. The summed E-state index contributed by atoms with van der Waals surface area (Å²) in [5.41, 5.74) is 0. The first-order valence-corrected chi connectivity index (χ1v) is 6.75. The summed E-state index contributed by atoms with van der Waals surface area (Å²) in [7, 11) is 0. The van der Waals surface area contributed by atoms with Crippen LogP contribution in [0.4, 0.5) is 0 Å². The second kappa shape index (κ2) is 8.79. The molecule has 0 saturated carbocycles.